The maximum absolute atomic E-state index is 12.6. The number of nitrogens with zero attached hydrogens (tertiary/aromatic N) is 3. The van der Waals surface area contributed by atoms with E-state index in [2.05, 4.69) is 20.9 Å². The molecular formula is C21H22N4O2S. The molecular weight excluding hydrogens is 372 g/mol. The van der Waals surface area contributed by atoms with Gasteiger partial charge >= 0.3 is 0 Å². The van der Waals surface area contributed by atoms with Gasteiger partial charge < -0.3 is 0 Å². The van der Waals surface area contributed by atoms with Gasteiger partial charge in [-0.25, -0.2) is 22.8 Å². The second-order valence-electron chi connectivity index (χ2n) is 6.95. The Morgan fingerprint density at radius 1 is 1.04 bits per heavy atom. The summed E-state index contributed by atoms with van der Waals surface area (Å²) in [6, 6.07) is 13.9. The molecule has 1 aliphatic carbocycles. The number of aryl methyl sites for hydroxylation is 1. The molecule has 2 heterocycles. The molecule has 1 aromatic carbocycles. The standard InChI is InChI=1S/C21H22N4O2S/c1-15-21(16(2)25(23-15)20-10-6-7-13-22-20)17-11-12-18(14-17)24-28(26,27)19-8-4-3-5-9-19/h3-13,17-18,24H,14H2,1-2H3. The van der Waals surface area contributed by atoms with Crippen molar-refractivity contribution in [1.29, 1.82) is 0 Å². The smallest absolute Gasteiger partial charge is 0.237 e. The number of rotatable bonds is 5. The van der Waals surface area contributed by atoms with Crippen molar-refractivity contribution in [2.45, 2.75) is 37.1 Å². The monoisotopic (exact) mass is 394 g/mol. The van der Waals surface area contributed by atoms with Crippen molar-refractivity contribution in [2.24, 2.45) is 0 Å². The van der Waals surface area contributed by atoms with Crippen LogP contribution in [0.1, 0.15) is 29.3 Å². The topological polar surface area (TPSA) is 76.9 Å². The second-order valence-corrected chi connectivity index (χ2v) is 8.67. The van der Waals surface area contributed by atoms with E-state index in [9.17, 15) is 8.42 Å². The van der Waals surface area contributed by atoms with E-state index in [4.69, 9.17) is 0 Å². The number of nitrogens with one attached hydrogen (secondary N) is 1. The van der Waals surface area contributed by atoms with Crippen LogP contribution in [0, 0.1) is 13.8 Å². The van der Waals surface area contributed by atoms with Gasteiger partial charge in [-0.1, -0.05) is 36.4 Å². The molecule has 2 unspecified atom stereocenters. The van der Waals surface area contributed by atoms with Gasteiger partial charge in [0, 0.05) is 29.4 Å². The van der Waals surface area contributed by atoms with Crippen LogP contribution in [0.3, 0.4) is 0 Å². The Labute approximate surface area is 165 Å². The van der Waals surface area contributed by atoms with Crippen molar-refractivity contribution in [3.63, 3.8) is 0 Å². The third kappa shape index (κ3) is 3.50. The zero-order valence-corrected chi connectivity index (χ0v) is 16.6. The number of sulfonamides is 1. The molecule has 0 saturated heterocycles. The number of aromatic nitrogens is 3. The normalized spacial score (nSPS) is 19.2. The SMILES string of the molecule is Cc1nn(-c2ccccn2)c(C)c1C1C=CC(NS(=O)(=O)c2ccccc2)C1. The molecule has 1 aliphatic rings. The first-order valence-corrected chi connectivity index (χ1v) is 10.7. The molecule has 6 nitrogen and oxygen atoms in total. The van der Waals surface area contributed by atoms with Crippen LogP contribution < -0.4 is 4.72 Å². The van der Waals surface area contributed by atoms with Crippen LogP contribution in [0.2, 0.25) is 0 Å². The Hall–Kier alpha value is -2.77. The summed E-state index contributed by atoms with van der Waals surface area (Å²) < 4.78 is 29.8. The average molecular weight is 395 g/mol. The summed E-state index contributed by atoms with van der Waals surface area (Å²) in [6.45, 7) is 4.01. The largest absolute Gasteiger partial charge is 0.241 e. The number of hydrogen-bond donors (Lipinski definition) is 1. The summed E-state index contributed by atoms with van der Waals surface area (Å²) in [6.07, 6.45) is 6.41. The third-order valence-corrected chi connectivity index (χ3v) is 6.53. The van der Waals surface area contributed by atoms with E-state index in [1.807, 2.05) is 42.8 Å². The molecule has 0 bridgehead atoms. The first-order chi connectivity index (χ1) is 13.5. The molecule has 1 N–H and O–H groups in total. The molecule has 2 aromatic heterocycles. The molecule has 144 valence electrons. The van der Waals surface area contributed by atoms with E-state index in [0.717, 1.165) is 22.8 Å². The van der Waals surface area contributed by atoms with E-state index in [1.165, 1.54) is 0 Å². The average Bonchev–Trinajstić information content (AvgIpc) is 3.26. The van der Waals surface area contributed by atoms with Crippen molar-refractivity contribution < 1.29 is 8.42 Å². The van der Waals surface area contributed by atoms with Gasteiger partial charge in [0.25, 0.3) is 0 Å². The summed E-state index contributed by atoms with van der Waals surface area (Å²) in [5.41, 5.74) is 3.09. The van der Waals surface area contributed by atoms with Gasteiger partial charge in [0.05, 0.1) is 10.6 Å². The van der Waals surface area contributed by atoms with E-state index in [-0.39, 0.29) is 16.9 Å². The second kappa shape index (κ2) is 7.33. The van der Waals surface area contributed by atoms with Gasteiger partial charge in [-0.05, 0) is 44.5 Å². The van der Waals surface area contributed by atoms with Gasteiger partial charge in [0.1, 0.15) is 0 Å². The Bertz CT molecular complexity index is 1110. The summed E-state index contributed by atoms with van der Waals surface area (Å²) in [5, 5.41) is 4.65. The Morgan fingerprint density at radius 3 is 2.50 bits per heavy atom. The fourth-order valence-electron chi connectivity index (χ4n) is 3.76. The number of benzene rings is 1. The third-order valence-electron chi connectivity index (χ3n) is 5.03. The summed E-state index contributed by atoms with van der Waals surface area (Å²) in [5.74, 6) is 0.888. The minimum absolute atomic E-state index is 0.112. The lowest BCUT2D eigenvalue weighted by Gasteiger charge is -2.15. The van der Waals surface area contributed by atoms with Crippen LogP contribution in [0.25, 0.3) is 5.82 Å². The highest BCUT2D eigenvalue weighted by Gasteiger charge is 2.29. The molecule has 0 saturated carbocycles. The van der Waals surface area contributed by atoms with Crippen LogP contribution in [0.15, 0.2) is 71.8 Å². The lowest BCUT2D eigenvalue weighted by Crippen LogP contribution is -2.32. The highest BCUT2D eigenvalue weighted by molar-refractivity contribution is 7.89. The van der Waals surface area contributed by atoms with Crippen LogP contribution in [0.4, 0.5) is 0 Å². The first kappa shape index (κ1) is 18.6. The Morgan fingerprint density at radius 2 is 1.79 bits per heavy atom. The molecule has 2 atom stereocenters. The molecule has 3 aromatic rings. The Balaban J connectivity index is 1.54. The van der Waals surface area contributed by atoms with Crippen molar-refractivity contribution in [3.05, 3.63) is 83.8 Å². The van der Waals surface area contributed by atoms with Crippen LogP contribution in [-0.2, 0) is 10.0 Å². The van der Waals surface area contributed by atoms with E-state index >= 15 is 0 Å². The lowest BCUT2D eigenvalue weighted by atomic mass is 9.96. The highest BCUT2D eigenvalue weighted by Crippen LogP contribution is 2.34. The maximum atomic E-state index is 12.6. The van der Waals surface area contributed by atoms with E-state index in [0.29, 0.717) is 6.42 Å². The Kier molecular flexibility index (Phi) is 4.87. The van der Waals surface area contributed by atoms with Gasteiger partial charge in [-0.15, -0.1) is 0 Å². The summed E-state index contributed by atoms with van der Waals surface area (Å²) in [7, 11) is -3.54. The fourth-order valence-corrected chi connectivity index (χ4v) is 4.99. The summed E-state index contributed by atoms with van der Waals surface area (Å²) in [4.78, 5) is 4.66. The van der Waals surface area contributed by atoms with Crippen molar-refractivity contribution in [3.8, 4) is 5.82 Å². The van der Waals surface area contributed by atoms with Gasteiger partial charge in [0.2, 0.25) is 10.0 Å². The van der Waals surface area contributed by atoms with Crippen LogP contribution in [0.5, 0.6) is 0 Å². The first-order valence-electron chi connectivity index (χ1n) is 9.19. The zero-order valence-electron chi connectivity index (χ0n) is 15.8. The number of pyridine rings is 1. The van der Waals surface area contributed by atoms with Crippen molar-refractivity contribution >= 4 is 10.0 Å². The van der Waals surface area contributed by atoms with Crippen LogP contribution in [-0.4, -0.2) is 29.2 Å². The minimum atomic E-state index is -3.54. The van der Waals surface area contributed by atoms with Crippen molar-refractivity contribution in [1.82, 2.24) is 19.5 Å². The molecule has 28 heavy (non-hydrogen) atoms. The van der Waals surface area contributed by atoms with E-state index in [1.54, 1.807) is 36.5 Å². The molecule has 4 rings (SSSR count). The predicted molar refractivity (Wildman–Crippen MR) is 108 cm³/mol. The van der Waals surface area contributed by atoms with Gasteiger partial charge in [0.15, 0.2) is 5.82 Å². The molecule has 7 heteroatoms. The maximum Gasteiger partial charge on any atom is 0.241 e. The summed E-state index contributed by atoms with van der Waals surface area (Å²) >= 11 is 0. The van der Waals surface area contributed by atoms with E-state index < -0.39 is 10.0 Å². The molecule has 0 radical (unpaired) electrons. The molecule has 0 amide bonds. The van der Waals surface area contributed by atoms with Crippen LogP contribution >= 0.6 is 0 Å². The quantitative estimate of drug-likeness (QED) is 0.674. The van der Waals surface area contributed by atoms with Crippen molar-refractivity contribution in [2.75, 3.05) is 0 Å². The van der Waals surface area contributed by atoms with Gasteiger partial charge in [-0.2, -0.15) is 5.10 Å². The zero-order chi connectivity index (χ0) is 19.7. The predicted octanol–water partition coefficient (Wildman–Crippen LogP) is 3.27. The number of allylic oxidation sites excluding steroid dienone is 1. The highest BCUT2D eigenvalue weighted by atomic mass is 32.2. The van der Waals surface area contributed by atoms with Gasteiger partial charge in [-0.3, -0.25) is 0 Å². The lowest BCUT2D eigenvalue weighted by molar-refractivity contribution is 0.563. The molecule has 0 spiro atoms. The molecule has 0 aliphatic heterocycles. The molecule has 0 fully saturated rings. The number of hydrogen-bond acceptors (Lipinski definition) is 4. The fraction of sp³-hybridized carbons (Fsp3) is 0.238. The minimum Gasteiger partial charge on any atom is -0.237 e.